The number of hydrogen-bond acceptors (Lipinski definition) is 2. The van der Waals surface area contributed by atoms with Crippen molar-refractivity contribution in [2.45, 2.75) is 40.2 Å². The first kappa shape index (κ1) is 15.3. The lowest BCUT2D eigenvalue weighted by Crippen LogP contribution is -2.18. The smallest absolute Gasteiger partial charge is 0.124 e. The minimum Gasteiger partial charge on any atom is -0.493 e. The lowest BCUT2D eigenvalue weighted by molar-refractivity contribution is 0.284. The zero-order valence-corrected chi connectivity index (χ0v) is 12.6. The Kier molecular flexibility index (Phi) is 6.51. The summed E-state index contributed by atoms with van der Waals surface area (Å²) >= 11 is 6.06. The van der Waals surface area contributed by atoms with Crippen LogP contribution in [0.25, 0.3) is 0 Å². The highest BCUT2D eigenvalue weighted by Crippen LogP contribution is 2.28. The lowest BCUT2D eigenvalue weighted by Gasteiger charge is -2.18. The fraction of sp³-hybridized carbons (Fsp3) is 0.600. The van der Waals surface area contributed by atoms with E-state index in [0.29, 0.717) is 5.92 Å². The maximum Gasteiger partial charge on any atom is 0.124 e. The summed E-state index contributed by atoms with van der Waals surface area (Å²) in [5.74, 6) is 1.60. The highest BCUT2D eigenvalue weighted by molar-refractivity contribution is 6.30. The third-order valence-electron chi connectivity index (χ3n) is 2.90. The summed E-state index contributed by atoms with van der Waals surface area (Å²) in [6, 6.07) is 6.09. The minimum atomic E-state index is 0.253. The van der Waals surface area contributed by atoms with Gasteiger partial charge >= 0.3 is 0 Å². The second-order valence-electron chi connectivity index (χ2n) is 4.99. The molecule has 3 heteroatoms. The predicted molar refractivity (Wildman–Crippen MR) is 78.5 cm³/mol. The lowest BCUT2D eigenvalue weighted by atomic mass is 10.1. The van der Waals surface area contributed by atoms with Gasteiger partial charge in [-0.15, -0.1) is 0 Å². The van der Waals surface area contributed by atoms with Crippen LogP contribution in [0, 0.1) is 5.92 Å². The van der Waals surface area contributed by atoms with E-state index >= 15 is 0 Å². The Labute approximate surface area is 116 Å². The molecule has 0 bridgehead atoms. The summed E-state index contributed by atoms with van der Waals surface area (Å²) in [7, 11) is 0. The SMILES string of the molecule is CCNC(C)c1cc(Cl)ccc1OCCC(C)C. The zero-order valence-electron chi connectivity index (χ0n) is 11.8. The molecular weight excluding hydrogens is 246 g/mol. The maximum absolute atomic E-state index is 6.06. The number of nitrogens with one attached hydrogen (secondary N) is 1. The van der Waals surface area contributed by atoms with Crippen LogP contribution in [-0.2, 0) is 0 Å². The van der Waals surface area contributed by atoms with Crippen molar-refractivity contribution < 1.29 is 4.74 Å². The van der Waals surface area contributed by atoms with Gasteiger partial charge in [0.15, 0.2) is 0 Å². The average Bonchev–Trinajstić information content (AvgIpc) is 2.31. The average molecular weight is 270 g/mol. The Morgan fingerprint density at radius 2 is 2.00 bits per heavy atom. The summed E-state index contributed by atoms with van der Waals surface area (Å²) in [6.07, 6.45) is 1.07. The standard InChI is InChI=1S/C15H24ClNO/c1-5-17-12(4)14-10-13(16)6-7-15(14)18-9-8-11(2)3/h6-7,10-12,17H,5,8-9H2,1-4H3. The Morgan fingerprint density at radius 3 is 2.61 bits per heavy atom. The molecule has 1 N–H and O–H groups in total. The van der Waals surface area contributed by atoms with Crippen LogP contribution in [0.3, 0.4) is 0 Å². The van der Waals surface area contributed by atoms with Crippen LogP contribution in [-0.4, -0.2) is 13.2 Å². The third kappa shape index (κ3) is 4.87. The van der Waals surface area contributed by atoms with Gasteiger partial charge in [-0.25, -0.2) is 0 Å². The summed E-state index contributed by atoms with van der Waals surface area (Å²) < 4.78 is 5.87. The summed E-state index contributed by atoms with van der Waals surface area (Å²) in [4.78, 5) is 0. The number of hydrogen-bond donors (Lipinski definition) is 1. The molecule has 0 aromatic heterocycles. The largest absolute Gasteiger partial charge is 0.493 e. The molecule has 18 heavy (non-hydrogen) atoms. The van der Waals surface area contributed by atoms with Gasteiger partial charge in [-0.1, -0.05) is 32.4 Å². The van der Waals surface area contributed by atoms with Crippen molar-refractivity contribution in [3.63, 3.8) is 0 Å². The molecule has 102 valence electrons. The first-order valence-corrected chi connectivity index (χ1v) is 7.08. The molecule has 0 aliphatic heterocycles. The second-order valence-corrected chi connectivity index (χ2v) is 5.43. The van der Waals surface area contributed by atoms with Crippen molar-refractivity contribution >= 4 is 11.6 Å². The van der Waals surface area contributed by atoms with Gasteiger partial charge in [0.25, 0.3) is 0 Å². The van der Waals surface area contributed by atoms with E-state index in [1.54, 1.807) is 0 Å². The van der Waals surface area contributed by atoms with Crippen LogP contribution >= 0.6 is 11.6 Å². The van der Waals surface area contributed by atoms with Crippen LogP contribution in [0.2, 0.25) is 5.02 Å². The fourth-order valence-corrected chi connectivity index (χ4v) is 1.99. The predicted octanol–water partition coefficient (Wildman–Crippen LogP) is 4.44. The van der Waals surface area contributed by atoms with Crippen LogP contribution in [0.5, 0.6) is 5.75 Å². The van der Waals surface area contributed by atoms with Crippen molar-refractivity contribution in [1.82, 2.24) is 5.32 Å². The van der Waals surface area contributed by atoms with E-state index in [4.69, 9.17) is 16.3 Å². The highest BCUT2D eigenvalue weighted by Gasteiger charge is 2.11. The van der Waals surface area contributed by atoms with Gasteiger partial charge in [-0.3, -0.25) is 0 Å². The van der Waals surface area contributed by atoms with Crippen molar-refractivity contribution in [3.8, 4) is 5.75 Å². The van der Waals surface area contributed by atoms with E-state index < -0.39 is 0 Å². The minimum absolute atomic E-state index is 0.253. The molecule has 1 rings (SSSR count). The molecule has 0 amide bonds. The molecule has 1 aromatic rings. The first-order chi connectivity index (χ1) is 8.54. The molecule has 1 atom stereocenters. The number of rotatable bonds is 7. The molecule has 2 nitrogen and oxygen atoms in total. The molecule has 0 aliphatic carbocycles. The van der Waals surface area contributed by atoms with Gasteiger partial charge < -0.3 is 10.1 Å². The Hall–Kier alpha value is -0.730. The van der Waals surface area contributed by atoms with Gasteiger partial charge in [-0.05, 0) is 44.0 Å². The maximum atomic E-state index is 6.06. The summed E-state index contributed by atoms with van der Waals surface area (Å²) in [6.45, 7) is 10.3. The van der Waals surface area contributed by atoms with E-state index in [1.165, 1.54) is 0 Å². The summed E-state index contributed by atoms with van der Waals surface area (Å²) in [5, 5.41) is 4.15. The van der Waals surface area contributed by atoms with Crippen molar-refractivity contribution in [1.29, 1.82) is 0 Å². The normalized spacial score (nSPS) is 12.8. The van der Waals surface area contributed by atoms with Gasteiger partial charge in [0.1, 0.15) is 5.75 Å². The van der Waals surface area contributed by atoms with Crippen LogP contribution in [0.4, 0.5) is 0 Å². The molecule has 1 unspecified atom stereocenters. The Bertz CT molecular complexity index is 366. The zero-order chi connectivity index (χ0) is 13.5. The van der Waals surface area contributed by atoms with Crippen molar-refractivity contribution in [3.05, 3.63) is 28.8 Å². The van der Waals surface area contributed by atoms with E-state index in [0.717, 1.165) is 35.9 Å². The Balaban J connectivity index is 2.76. The van der Waals surface area contributed by atoms with E-state index in [-0.39, 0.29) is 6.04 Å². The third-order valence-corrected chi connectivity index (χ3v) is 3.14. The Morgan fingerprint density at radius 1 is 1.28 bits per heavy atom. The molecular formula is C15H24ClNO. The molecule has 0 saturated heterocycles. The van der Waals surface area contributed by atoms with E-state index in [2.05, 4.69) is 33.0 Å². The highest BCUT2D eigenvalue weighted by atomic mass is 35.5. The quantitative estimate of drug-likeness (QED) is 0.790. The van der Waals surface area contributed by atoms with Crippen molar-refractivity contribution in [2.75, 3.05) is 13.2 Å². The number of benzene rings is 1. The topological polar surface area (TPSA) is 21.3 Å². The number of halogens is 1. The molecule has 0 fully saturated rings. The van der Waals surface area contributed by atoms with Gasteiger partial charge in [-0.2, -0.15) is 0 Å². The van der Waals surface area contributed by atoms with Crippen LogP contribution in [0.1, 0.15) is 45.7 Å². The molecule has 0 heterocycles. The monoisotopic (exact) mass is 269 g/mol. The first-order valence-electron chi connectivity index (χ1n) is 6.70. The van der Waals surface area contributed by atoms with Crippen molar-refractivity contribution in [2.24, 2.45) is 5.92 Å². The van der Waals surface area contributed by atoms with Crippen LogP contribution < -0.4 is 10.1 Å². The second kappa shape index (κ2) is 7.65. The van der Waals surface area contributed by atoms with Gasteiger partial charge in [0.2, 0.25) is 0 Å². The van der Waals surface area contributed by atoms with Crippen LogP contribution in [0.15, 0.2) is 18.2 Å². The van der Waals surface area contributed by atoms with Gasteiger partial charge in [0, 0.05) is 16.6 Å². The summed E-state index contributed by atoms with van der Waals surface area (Å²) in [5.41, 5.74) is 1.13. The molecule has 0 spiro atoms. The molecule has 0 saturated carbocycles. The van der Waals surface area contributed by atoms with Gasteiger partial charge in [0.05, 0.1) is 6.61 Å². The fourth-order valence-electron chi connectivity index (χ4n) is 1.81. The molecule has 1 aromatic carbocycles. The molecule has 0 radical (unpaired) electrons. The van der Waals surface area contributed by atoms with E-state index in [9.17, 15) is 0 Å². The number of ether oxygens (including phenoxy) is 1. The molecule has 0 aliphatic rings. The van der Waals surface area contributed by atoms with E-state index in [1.807, 2.05) is 18.2 Å².